The molecule has 0 aliphatic heterocycles. The summed E-state index contributed by atoms with van der Waals surface area (Å²) in [5, 5.41) is 11.5. The normalized spacial score (nSPS) is 10.5. The van der Waals surface area contributed by atoms with Crippen LogP contribution in [0, 0.1) is 6.92 Å². The minimum Gasteiger partial charge on any atom is -0.396 e. The summed E-state index contributed by atoms with van der Waals surface area (Å²) in [7, 11) is 1.89. The lowest BCUT2D eigenvalue weighted by molar-refractivity contribution is 0.0948. The number of carbonyl (C=O) groups is 1. The summed E-state index contributed by atoms with van der Waals surface area (Å²) in [4.78, 5) is 11.8. The lowest BCUT2D eigenvalue weighted by Gasteiger charge is -2.06. The second kappa shape index (κ2) is 7.40. The van der Waals surface area contributed by atoms with Crippen molar-refractivity contribution in [2.45, 2.75) is 13.3 Å². The van der Waals surface area contributed by atoms with E-state index in [-0.39, 0.29) is 12.5 Å². The molecular formula is C12H20N2O2S. The molecule has 0 fully saturated rings. The van der Waals surface area contributed by atoms with Crippen LogP contribution in [0.5, 0.6) is 0 Å². The highest BCUT2D eigenvalue weighted by atomic mass is 32.2. The van der Waals surface area contributed by atoms with Crippen molar-refractivity contribution in [2.75, 3.05) is 24.7 Å². The number of nitrogens with one attached hydrogen (secondary N) is 1. The van der Waals surface area contributed by atoms with Crippen LogP contribution in [-0.4, -0.2) is 40.2 Å². The number of nitrogens with zero attached hydrogens (tertiary/aromatic N) is 1. The van der Waals surface area contributed by atoms with Gasteiger partial charge in [-0.05, 0) is 31.2 Å². The molecule has 0 aromatic carbocycles. The zero-order valence-corrected chi connectivity index (χ0v) is 11.2. The Labute approximate surface area is 106 Å². The zero-order chi connectivity index (χ0) is 12.7. The minimum atomic E-state index is -0.0247. The number of thioether (sulfide) groups is 1. The standard InChI is InChI=1S/C12H20N2O2S/c1-10-4-5-11(14(10)2)12(16)13-6-9-17-8-3-7-15/h4-5,15H,3,6-9H2,1-2H3,(H,13,16). The van der Waals surface area contributed by atoms with E-state index in [0.717, 1.165) is 23.6 Å². The van der Waals surface area contributed by atoms with Gasteiger partial charge in [-0.15, -0.1) is 0 Å². The first-order chi connectivity index (χ1) is 8.16. The fraction of sp³-hybridized carbons (Fsp3) is 0.583. The van der Waals surface area contributed by atoms with Crippen LogP contribution in [0.15, 0.2) is 12.1 Å². The zero-order valence-electron chi connectivity index (χ0n) is 10.4. The Hall–Kier alpha value is -0.940. The molecule has 0 atom stereocenters. The summed E-state index contributed by atoms with van der Waals surface area (Å²) in [6.45, 7) is 2.88. The van der Waals surface area contributed by atoms with Crippen LogP contribution < -0.4 is 5.32 Å². The van der Waals surface area contributed by atoms with Gasteiger partial charge in [0.25, 0.3) is 5.91 Å². The average molecular weight is 256 g/mol. The van der Waals surface area contributed by atoms with Crippen molar-refractivity contribution in [3.8, 4) is 0 Å². The first kappa shape index (κ1) is 14.1. The summed E-state index contributed by atoms with van der Waals surface area (Å²) in [5.74, 6) is 1.80. The summed E-state index contributed by atoms with van der Waals surface area (Å²) in [5.41, 5.74) is 1.77. The largest absolute Gasteiger partial charge is 0.396 e. The van der Waals surface area contributed by atoms with Crippen molar-refractivity contribution in [3.63, 3.8) is 0 Å². The van der Waals surface area contributed by atoms with E-state index in [4.69, 9.17) is 5.11 Å². The second-order valence-electron chi connectivity index (χ2n) is 3.86. The number of aliphatic hydroxyl groups excluding tert-OH is 1. The molecule has 4 nitrogen and oxygen atoms in total. The molecule has 0 aliphatic rings. The third-order valence-corrected chi connectivity index (χ3v) is 3.65. The van der Waals surface area contributed by atoms with Crippen LogP contribution in [0.3, 0.4) is 0 Å². The fourth-order valence-corrected chi connectivity index (χ4v) is 2.22. The van der Waals surface area contributed by atoms with Gasteiger partial charge in [0.15, 0.2) is 0 Å². The lowest BCUT2D eigenvalue weighted by atomic mass is 10.4. The molecule has 0 saturated heterocycles. The molecule has 0 spiro atoms. The molecule has 1 aromatic rings. The Morgan fingerprint density at radius 3 is 2.82 bits per heavy atom. The third-order valence-electron chi connectivity index (χ3n) is 2.58. The van der Waals surface area contributed by atoms with Crippen molar-refractivity contribution in [3.05, 3.63) is 23.5 Å². The van der Waals surface area contributed by atoms with Gasteiger partial charge in [0.1, 0.15) is 5.69 Å². The highest BCUT2D eigenvalue weighted by molar-refractivity contribution is 7.99. The van der Waals surface area contributed by atoms with Gasteiger partial charge in [-0.2, -0.15) is 11.8 Å². The van der Waals surface area contributed by atoms with Crippen molar-refractivity contribution in [2.24, 2.45) is 7.05 Å². The number of rotatable bonds is 7. The number of carbonyl (C=O) groups excluding carboxylic acids is 1. The number of aromatic nitrogens is 1. The average Bonchev–Trinajstić information content (AvgIpc) is 2.64. The van der Waals surface area contributed by atoms with E-state index in [1.54, 1.807) is 11.8 Å². The topological polar surface area (TPSA) is 54.3 Å². The number of aryl methyl sites for hydroxylation is 1. The highest BCUT2D eigenvalue weighted by Gasteiger charge is 2.09. The number of hydrogen-bond acceptors (Lipinski definition) is 3. The first-order valence-electron chi connectivity index (χ1n) is 5.76. The van der Waals surface area contributed by atoms with Crippen LogP contribution >= 0.6 is 11.8 Å². The molecule has 0 unspecified atom stereocenters. The Kier molecular flexibility index (Phi) is 6.15. The maximum absolute atomic E-state index is 11.8. The summed E-state index contributed by atoms with van der Waals surface area (Å²) >= 11 is 1.74. The maximum Gasteiger partial charge on any atom is 0.267 e. The Bertz CT molecular complexity index is 363. The van der Waals surface area contributed by atoms with Crippen molar-refractivity contribution in [1.29, 1.82) is 0 Å². The van der Waals surface area contributed by atoms with E-state index in [0.29, 0.717) is 12.2 Å². The molecule has 1 amide bonds. The van der Waals surface area contributed by atoms with Crippen LogP contribution in [0.4, 0.5) is 0 Å². The van der Waals surface area contributed by atoms with Crippen molar-refractivity contribution in [1.82, 2.24) is 9.88 Å². The number of aliphatic hydroxyl groups is 1. The Morgan fingerprint density at radius 2 is 2.24 bits per heavy atom. The van der Waals surface area contributed by atoms with Gasteiger partial charge in [0, 0.05) is 31.6 Å². The van der Waals surface area contributed by atoms with Gasteiger partial charge < -0.3 is 15.0 Å². The molecule has 0 saturated carbocycles. The quantitative estimate of drug-likeness (QED) is 0.720. The summed E-state index contributed by atoms with van der Waals surface area (Å²) < 4.78 is 1.88. The van der Waals surface area contributed by atoms with Crippen LogP contribution in [0.2, 0.25) is 0 Å². The van der Waals surface area contributed by atoms with Crippen molar-refractivity contribution < 1.29 is 9.90 Å². The Balaban J connectivity index is 2.24. The van der Waals surface area contributed by atoms with Gasteiger partial charge in [0.05, 0.1) is 0 Å². The van der Waals surface area contributed by atoms with E-state index in [1.807, 2.05) is 30.7 Å². The summed E-state index contributed by atoms with van der Waals surface area (Å²) in [6.07, 6.45) is 0.815. The molecule has 96 valence electrons. The van der Waals surface area contributed by atoms with Gasteiger partial charge in [0.2, 0.25) is 0 Å². The molecule has 0 aliphatic carbocycles. The first-order valence-corrected chi connectivity index (χ1v) is 6.91. The lowest BCUT2D eigenvalue weighted by Crippen LogP contribution is -2.27. The van der Waals surface area contributed by atoms with E-state index in [9.17, 15) is 4.79 Å². The van der Waals surface area contributed by atoms with Crippen LogP contribution in [-0.2, 0) is 7.05 Å². The van der Waals surface area contributed by atoms with E-state index in [2.05, 4.69) is 5.32 Å². The molecular weight excluding hydrogens is 236 g/mol. The SMILES string of the molecule is Cc1ccc(C(=O)NCCSCCCO)n1C. The van der Waals surface area contributed by atoms with E-state index in [1.165, 1.54) is 0 Å². The second-order valence-corrected chi connectivity index (χ2v) is 5.09. The summed E-state index contributed by atoms with van der Waals surface area (Å²) in [6, 6.07) is 3.77. The van der Waals surface area contributed by atoms with Gasteiger partial charge in [-0.1, -0.05) is 0 Å². The molecule has 0 radical (unpaired) electrons. The predicted molar refractivity (Wildman–Crippen MR) is 71.5 cm³/mol. The molecule has 0 bridgehead atoms. The van der Waals surface area contributed by atoms with Gasteiger partial charge in [-0.3, -0.25) is 4.79 Å². The molecule has 1 heterocycles. The predicted octanol–water partition coefficient (Wildman–Crippen LogP) is 1.18. The van der Waals surface area contributed by atoms with Crippen molar-refractivity contribution >= 4 is 17.7 Å². The molecule has 5 heteroatoms. The third kappa shape index (κ3) is 4.44. The van der Waals surface area contributed by atoms with Gasteiger partial charge >= 0.3 is 0 Å². The molecule has 1 rings (SSSR count). The highest BCUT2D eigenvalue weighted by Crippen LogP contribution is 2.05. The maximum atomic E-state index is 11.8. The fourth-order valence-electron chi connectivity index (χ4n) is 1.44. The van der Waals surface area contributed by atoms with E-state index < -0.39 is 0 Å². The number of amides is 1. The number of hydrogen-bond donors (Lipinski definition) is 2. The van der Waals surface area contributed by atoms with Crippen LogP contribution in [0.25, 0.3) is 0 Å². The van der Waals surface area contributed by atoms with E-state index >= 15 is 0 Å². The molecule has 17 heavy (non-hydrogen) atoms. The molecule has 1 aromatic heterocycles. The smallest absolute Gasteiger partial charge is 0.267 e. The Morgan fingerprint density at radius 1 is 1.47 bits per heavy atom. The minimum absolute atomic E-state index is 0.0247. The van der Waals surface area contributed by atoms with Gasteiger partial charge in [-0.25, -0.2) is 0 Å². The van der Waals surface area contributed by atoms with Crippen LogP contribution in [0.1, 0.15) is 22.6 Å². The monoisotopic (exact) mass is 256 g/mol. The molecule has 2 N–H and O–H groups in total.